The minimum Gasteiger partial charge on any atom is -0.0616 e. The average Bonchev–Trinajstić information content (AvgIpc) is 3.40. The summed E-state index contributed by atoms with van der Waals surface area (Å²) in [6, 6.07) is 96.8. The lowest BCUT2D eigenvalue weighted by Crippen LogP contribution is -2.74. The Labute approximate surface area is 390 Å². The molecule has 0 aliphatic rings. The van der Waals surface area contributed by atoms with Gasteiger partial charge in [0, 0.05) is 0 Å². The van der Waals surface area contributed by atoms with E-state index in [2.05, 4.69) is 255 Å². The highest BCUT2D eigenvalue weighted by Crippen LogP contribution is 2.45. The van der Waals surface area contributed by atoms with Crippen LogP contribution in [0.2, 0.25) is 0 Å². The van der Waals surface area contributed by atoms with Crippen LogP contribution in [-0.2, 0) is 0 Å². The predicted molar refractivity (Wildman–Crippen MR) is 292 cm³/mol. The summed E-state index contributed by atoms with van der Waals surface area (Å²) in [4.78, 5) is 0. The highest BCUT2D eigenvalue weighted by molar-refractivity contribution is 7.21. The fourth-order valence-electron chi connectivity index (χ4n) is 11.9. The van der Waals surface area contributed by atoms with Crippen molar-refractivity contribution < 1.29 is 0 Å². The van der Waals surface area contributed by atoms with E-state index in [4.69, 9.17) is 0 Å². The molecule has 0 N–H and O–H groups in total. The van der Waals surface area contributed by atoms with Gasteiger partial charge in [0.15, 0.2) is 8.07 Å². The van der Waals surface area contributed by atoms with E-state index in [1.54, 1.807) is 0 Å². The van der Waals surface area contributed by atoms with Gasteiger partial charge in [0.25, 0.3) is 0 Å². The van der Waals surface area contributed by atoms with E-state index in [9.17, 15) is 0 Å². The molecule has 0 saturated heterocycles. The third-order valence-electron chi connectivity index (χ3n) is 14.9. The van der Waals surface area contributed by atoms with Crippen LogP contribution < -0.4 is 20.7 Å². The molecule has 14 rings (SSSR count). The SMILES string of the molecule is c1ccc2cc([Si](c3ccc(-c4c5ccccc5c(-c5cccc6ccccc56)c5ccccc45)cc3)(c3ccc4ccccc4c3)c3ccc4ccc5cccc6ccc3c4c56)ccc2c1. The van der Waals surface area contributed by atoms with Crippen LogP contribution in [0, 0.1) is 0 Å². The Kier molecular flexibility index (Phi) is 8.40. The minimum atomic E-state index is -3.14. The molecule has 0 radical (unpaired) electrons. The summed E-state index contributed by atoms with van der Waals surface area (Å²) in [5.74, 6) is 0. The molecule has 0 bridgehead atoms. The zero-order chi connectivity index (χ0) is 44.1. The molecule has 0 unspecified atom stereocenters. The van der Waals surface area contributed by atoms with Crippen molar-refractivity contribution >= 4 is 115 Å². The lowest BCUT2D eigenvalue weighted by Gasteiger charge is -2.36. The van der Waals surface area contributed by atoms with E-state index in [1.807, 2.05) is 0 Å². The third-order valence-corrected chi connectivity index (χ3v) is 19.7. The molecule has 0 saturated carbocycles. The number of fused-ring (bicyclic) bond motifs is 5. The topological polar surface area (TPSA) is 0 Å². The summed E-state index contributed by atoms with van der Waals surface area (Å²) in [5.41, 5.74) is 5.04. The molecule has 0 spiro atoms. The molecular weight excluding hydrogens is 821 g/mol. The van der Waals surface area contributed by atoms with Gasteiger partial charge in [-0.15, -0.1) is 0 Å². The van der Waals surface area contributed by atoms with E-state index < -0.39 is 8.07 Å². The summed E-state index contributed by atoms with van der Waals surface area (Å²) in [6.45, 7) is 0. The van der Waals surface area contributed by atoms with Crippen LogP contribution in [-0.4, -0.2) is 8.07 Å². The fourth-order valence-corrected chi connectivity index (χ4v) is 16.9. The van der Waals surface area contributed by atoms with E-state index in [-0.39, 0.29) is 0 Å². The first-order valence-electron chi connectivity index (χ1n) is 23.4. The molecule has 0 atom stereocenters. The standard InChI is InChI=1S/C66H42Si/c1-3-16-50-41-53(37-29-43(50)13-1)67(54-38-30-44-14-2-4-17-51(44)42-54,62-40-34-49-28-27-46-19-11-20-47-33-39-61(62)65(49)63(46)47)52-35-31-48(32-36-52)64-57-22-7-9-24-59(57)66(60-25-10-8-23-58(60)64)56-26-12-18-45-15-5-6-21-55(45)56/h1-42H. The monoisotopic (exact) mass is 862 g/mol. The first-order valence-corrected chi connectivity index (χ1v) is 25.4. The smallest absolute Gasteiger partial charge is 0.0616 e. The van der Waals surface area contributed by atoms with Gasteiger partial charge in [-0.25, -0.2) is 0 Å². The average molecular weight is 863 g/mol. The molecular formula is C66H42Si. The van der Waals surface area contributed by atoms with E-state index >= 15 is 0 Å². The van der Waals surface area contributed by atoms with Gasteiger partial charge in [-0.3, -0.25) is 0 Å². The van der Waals surface area contributed by atoms with Gasteiger partial charge >= 0.3 is 0 Å². The van der Waals surface area contributed by atoms with Crippen LogP contribution in [0.15, 0.2) is 255 Å². The maximum atomic E-state index is 2.51. The zero-order valence-corrected chi connectivity index (χ0v) is 37.7. The second-order valence-electron chi connectivity index (χ2n) is 18.3. The molecule has 0 heterocycles. The molecule has 0 aliphatic carbocycles. The normalized spacial score (nSPS) is 12.2. The van der Waals surface area contributed by atoms with Crippen LogP contribution in [0.25, 0.3) is 108 Å². The van der Waals surface area contributed by atoms with Gasteiger partial charge in [-0.05, 0) is 129 Å². The van der Waals surface area contributed by atoms with Crippen molar-refractivity contribution in [2.45, 2.75) is 0 Å². The number of rotatable bonds is 6. The third kappa shape index (κ3) is 5.65. The van der Waals surface area contributed by atoms with Crippen LogP contribution in [0.4, 0.5) is 0 Å². The summed E-state index contributed by atoms with van der Waals surface area (Å²) < 4.78 is 0. The van der Waals surface area contributed by atoms with Crippen molar-refractivity contribution in [1.29, 1.82) is 0 Å². The second-order valence-corrected chi connectivity index (χ2v) is 22.1. The molecule has 0 aliphatic heterocycles. The van der Waals surface area contributed by atoms with Gasteiger partial charge in [0.1, 0.15) is 0 Å². The first kappa shape index (κ1) is 38.0. The lowest BCUT2D eigenvalue weighted by molar-refractivity contribution is 1.67. The molecule has 14 aromatic rings. The molecule has 310 valence electrons. The largest absolute Gasteiger partial charge is 0.180 e. The van der Waals surface area contributed by atoms with E-state index in [0.717, 1.165) is 0 Å². The number of hydrogen-bond acceptors (Lipinski definition) is 0. The zero-order valence-electron chi connectivity index (χ0n) is 36.7. The lowest BCUT2D eigenvalue weighted by atomic mass is 9.85. The highest BCUT2D eigenvalue weighted by Gasteiger charge is 2.43. The summed E-state index contributed by atoms with van der Waals surface area (Å²) in [5, 5.41) is 26.0. The van der Waals surface area contributed by atoms with Crippen molar-refractivity contribution in [3.63, 3.8) is 0 Å². The predicted octanol–water partition coefficient (Wildman–Crippen LogP) is 15.1. The molecule has 0 amide bonds. The molecule has 0 aromatic heterocycles. The van der Waals surface area contributed by atoms with Gasteiger partial charge < -0.3 is 0 Å². The maximum absolute atomic E-state index is 3.14. The minimum absolute atomic E-state index is 1.22. The van der Waals surface area contributed by atoms with Gasteiger partial charge in [0.2, 0.25) is 0 Å². The van der Waals surface area contributed by atoms with E-state index in [1.165, 1.54) is 129 Å². The second kappa shape index (κ2) is 14.8. The Morgan fingerprint density at radius 2 is 0.642 bits per heavy atom. The Bertz CT molecular complexity index is 4120. The molecule has 14 aromatic carbocycles. The molecule has 0 fully saturated rings. The summed E-state index contributed by atoms with van der Waals surface area (Å²) in [7, 11) is -3.14. The molecule has 67 heavy (non-hydrogen) atoms. The van der Waals surface area contributed by atoms with Crippen molar-refractivity contribution in [1.82, 2.24) is 0 Å². The number of hydrogen-bond donors (Lipinski definition) is 0. The van der Waals surface area contributed by atoms with Crippen LogP contribution in [0.5, 0.6) is 0 Å². The molecule has 0 nitrogen and oxygen atoms in total. The van der Waals surface area contributed by atoms with Gasteiger partial charge in [-0.1, -0.05) is 255 Å². The Morgan fingerprint density at radius 3 is 1.25 bits per heavy atom. The Morgan fingerprint density at radius 1 is 0.224 bits per heavy atom. The first-order chi connectivity index (χ1) is 33.2. The molecule has 1 heteroatoms. The van der Waals surface area contributed by atoms with Crippen molar-refractivity contribution in [2.24, 2.45) is 0 Å². The highest BCUT2D eigenvalue weighted by atomic mass is 28.3. The quantitative estimate of drug-likeness (QED) is 0.0676. The maximum Gasteiger partial charge on any atom is 0.180 e. The van der Waals surface area contributed by atoms with Gasteiger partial charge in [0.05, 0.1) is 0 Å². The van der Waals surface area contributed by atoms with Crippen molar-refractivity contribution in [3.05, 3.63) is 255 Å². The summed E-state index contributed by atoms with van der Waals surface area (Å²) in [6.07, 6.45) is 0. The Balaban J connectivity index is 1.08. The van der Waals surface area contributed by atoms with E-state index in [0.29, 0.717) is 0 Å². The van der Waals surface area contributed by atoms with Crippen molar-refractivity contribution in [3.8, 4) is 22.3 Å². The van der Waals surface area contributed by atoms with Gasteiger partial charge in [-0.2, -0.15) is 0 Å². The summed E-state index contributed by atoms with van der Waals surface area (Å²) >= 11 is 0. The number of benzene rings is 14. The van der Waals surface area contributed by atoms with Crippen LogP contribution >= 0.6 is 0 Å². The van der Waals surface area contributed by atoms with Crippen molar-refractivity contribution in [2.75, 3.05) is 0 Å². The van der Waals surface area contributed by atoms with Crippen LogP contribution in [0.3, 0.4) is 0 Å². The van der Waals surface area contributed by atoms with Crippen LogP contribution in [0.1, 0.15) is 0 Å². The fraction of sp³-hybridized carbons (Fsp3) is 0. The Hall–Kier alpha value is -8.36.